The number of amides is 1. The van der Waals surface area contributed by atoms with E-state index in [-0.39, 0.29) is 6.04 Å². The maximum absolute atomic E-state index is 11.6. The highest BCUT2D eigenvalue weighted by molar-refractivity contribution is 5.96. The first-order valence-electron chi connectivity index (χ1n) is 5.99. The standard InChI is InChI=1S/C14H19NO3/c1-9-6-4-5-7-12(9)8-10(2)15-13(16)11(3)14(17)18/h4-7,10-11H,8H2,1-3H3,(H,15,16)(H,17,18). The summed E-state index contributed by atoms with van der Waals surface area (Å²) in [5.74, 6) is -2.55. The Kier molecular flexibility index (Phi) is 4.89. The normalized spacial score (nSPS) is 13.7. The van der Waals surface area contributed by atoms with E-state index < -0.39 is 17.8 Å². The molecule has 0 spiro atoms. The van der Waals surface area contributed by atoms with Crippen LogP contribution in [0.2, 0.25) is 0 Å². The van der Waals surface area contributed by atoms with Crippen molar-refractivity contribution in [2.24, 2.45) is 5.92 Å². The predicted octanol–water partition coefficient (Wildman–Crippen LogP) is 1.76. The van der Waals surface area contributed by atoms with E-state index in [1.165, 1.54) is 12.5 Å². The van der Waals surface area contributed by atoms with Gasteiger partial charge in [-0.05, 0) is 38.3 Å². The summed E-state index contributed by atoms with van der Waals surface area (Å²) in [7, 11) is 0. The van der Waals surface area contributed by atoms with Gasteiger partial charge in [0, 0.05) is 6.04 Å². The fourth-order valence-electron chi connectivity index (χ4n) is 1.70. The molecule has 4 heteroatoms. The second-order valence-corrected chi connectivity index (χ2v) is 4.60. The topological polar surface area (TPSA) is 66.4 Å². The average molecular weight is 249 g/mol. The number of nitrogens with one attached hydrogen (secondary N) is 1. The van der Waals surface area contributed by atoms with Crippen LogP contribution in [0.1, 0.15) is 25.0 Å². The number of carbonyl (C=O) groups is 2. The average Bonchev–Trinajstić information content (AvgIpc) is 2.30. The number of hydrogen-bond donors (Lipinski definition) is 2. The molecule has 0 aliphatic rings. The molecule has 1 aromatic carbocycles. The smallest absolute Gasteiger partial charge is 0.315 e. The minimum absolute atomic E-state index is 0.0830. The van der Waals surface area contributed by atoms with Gasteiger partial charge in [0.15, 0.2) is 0 Å². The zero-order valence-corrected chi connectivity index (χ0v) is 10.9. The Morgan fingerprint density at radius 3 is 2.44 bits per heavy atom. The van der Waals surface area contributed by atoms with Crippen molar-refractivity contribution in [3.8, 4) is 0 Å². The van der Waals surface area contributed by atoms with Gasteiger partial charge < -0.3 is 10.4 Å². The second-order valence-electron chi connectivity index (χ2n) is 4.60. The summed E-state index contributed by atoms with van der Waals surface area (Å²) >= 11 is 0. The molecule has 1 aromatic rings. The molecule has 2 atom stereocenters. The van der Waals surface area contributed by atoms with Crippen LogP contribution in [0.4, 0.5) is 0 Å². The molecule has 0 aliphatic carbocycles. The molecule has 2 unspecified atom stereocenters. The molecule has 0 saturated heterocycles. The lowest BCUT2D eigenvalue weighted by molar-refractivity contribution is -0.146. The lowest BCUT2D eigenvalue weighted by atomic mass is 10.0. The van der Waals surface area contributed by atoms with Crippen molar-refractivity contribution in [1.82, 2.24) is 5.32 Å². The molecule has 98 valence electrons. The van der Waals surface area contributed by atoms with Crippen LogP contribution in [-0.2, 0) is 16.0 Å². The maximum Gasteiger partial charge on any atom is 0.315 e. The highest BCUT2D eigenvalue weighted by Crippen LogP contribution is 2.10. The molecular weight excluding hydrogens is 230 g/mol. The van der Waals surface area contributed by atoms with Gasteiger partial charge in [0.1, 0.15) is 5.92 Å². The minimum atomic E-state index is -1.10. The third kappa shape index (κ3) is 3.87. The number of carbonyl (C=O) groups excluding carboxylic acids is 1. The van der Waals surface area contributed by atoms with Gasteiger partial charge in [0.05, 0.1) is 0 Å². The van der Waals surface area contributed by atoms with Crippen molar-refractivity contribution in [3.05, 3.63) is 35.4 Å². The van der Waals surface area contributed by atoms with Crippen LogP contribution < -0.4 is 5.32 Å². The molecule has 1 rings (SSSR count). The zero-order chi connectivity index (χ0) is 13.7. The number of benzene rings is 1. The van der Waals surface area contributed by atoms with Crippen molar-refractivity contribution >= 4 is 11.9 Å². The Morgan fingerprint density at radius 2 is 1.89 bits per heavy atom. The largest absolute Gasteiger partial charge is 0.481 e. The Bertz CT molecular complexity index is 442. The zero-order valence-electron chi connectivity index (χ0n) is 10.9. The first kappa shape index (κ1) is 14.2. The molecule has 0 heterocycles. The van der Waals surface area contributed by atoms with Crippen LogP contribution in [0.5, 0.6) is 0 Å². The monoisotopic (exact) mass is 249 g/mol. The van der Waals surface area contributed by atoms with Crippen molar-refractivity contribution in [1.29, 1.82) is 0 Å². The Hall–Kier alpha value is -1.84. The molecule has 0 radical (unpaired) electrons. The van der Waals surface area contributed by atoms with Gasteiger partial charge in [-0.2, -0.15) is 0 Å². The van der Waals surface area contributed by atoms with Crippen LogP contribution in [0.3, 0.4) is 0 Å². The molecule has 18 heavy (non-hydrogen) atoms. The molecule has 1 amide bonds. The maximum atomic E-state index is 11.6. The van der Waals surface area contributed by atoms with Crippen molar-refractivity contribution < 1.29 is 14.7 Å². The second kappa shape index (κ2) is 6.19. The molecule has 0 saturated carbocycles. The SMILES string of the molecule is Cc1ccccc1CC(C)NC(=O)C(C)C(=O)O. The van der Waals surface area contributed by atoms with Crippen molar-refractivity contribution in [2.75, 3.05) is 0 Å². The third-order valence-electron chi connectivity index (χ3n) is 2.94. The van der Waals surface area contributed by atoms with Gasteiger partial charge in [-0.3, -0.25) is 9.59 Å². The molecular formula is C14H19NO3. The van der Waals surface area contributed by atoms with Crippen LogP contribution in [0, 0.1) is 12.8 Å². The molecule has 4 nitrogen and oxygen atoms in total. The number of aryl methyl sites for hydroxylation is 1. The minimum Gasteiger partial charge on any atom is -0.481 e. The molecule has 0 fully saturated rings. The van der Waals surface area contributed by atoms with Crippen LogP contribution in [0.15, 0.2) is 24.3 Å². The van der Waals surface area contributed by atoms with E-state index >= 15 is 0 Å². The number of carboxylic acid groups (broad SMARTS) is 1. The van der Waals surface area contributed by atoms with E-state index in [4.69, 9.17) is 5.11 Å². The van der Waals surface area contributed by atoms with E-state index in [0.29, 0.717) is 6.42 Å². The van der Waals surface area contributed by atoms with E-state index in [2.05, 4.69) is 5.32 Å². The number of hydrogen-bond acceptors (Lipinski definition) is 2. The van der Waals surface area contributed by atoms with E-state index in [1.807, 2.05) is 38.1 Å². The van der Waals surface area contributed by atoms with Gasteiger partial charge >= 0.3 is 5.97 Å². The fourth-order valence-corrected chi connectivity index (χ4v) is 1.70. The van der Waals surface area contributed by atoms with Gasteiger partial charge in [0.2, 0.25) is 5.91 Å². The number of carboxylic acids is 1. The summed E-state index contributed by atoms with van der Waals surface area (Å²) in [5, 5.41) is 11.5. The highest BCUT2D eigenvalue weighted by atomic mass is 16.4. The molecule has 0 aromatic heterocycles. The highest BCUT2D eigenvalue weighted by Gasteiger charge is 2.21. The molecule has 0 aliphatic heterocycles. The summed E-state index contributed by atoms with van der Waals surface area (Å²) in [6.45, 7) is 5.28. The van der Waals surface area contributed by atoms with Crippen LogP contribution in [-0.4, -0.2) is 23.0 Å². The summed E-state index contributed by atoms with van der Waals surface area (Å²) < 4.78 is 0. The summed E-state index contributed by atoms with van der Waals surface area (Å²) in [6.07, 6.45) is 0.699. The quantitative estimate of drug-likeness (QED) is 0.781. The van der Waals surface area contributed by atoms with Crippen LogP contribution >= 0.6 is 0 Å². The molecule has 0 bridgehead atoms. The number of aliphatic carboxylic acids is 1. The summed E-state index contributed by atoms with van der Waals surface area (Å²) in [5.41, 5.74) is 2.33. The predicted molar refractivity (Wildman–Crippen MR) is 69.3 cm³/mol. The lowest BCUT2D eigenvalue weighted by Crippen LogP contribution is -2.40. The first-order chi connectivity index (χ1) is 8.41. The van der Waals surface area contributed by atoms with E-state index in [9.17, 15) is 9.59 Å². The van der Waals surface area contributed by atoms with Gasteiger partial charge in [-0.15, -0.1) is 0 Å². The van der Waals surface area contributed by atoms with E-state index in [0.717, 1.165) is 5.56 Å². The third-order valence-corrected chi connectivity index (χ3v) is 2.94. The lowest BCUT2D eigenvalue weighted by Gasteiger charge is -2.16. The Balaban J connectivity index is 2.57. The summed E-state index contributed by atoms with van der Waals surface area (Å²) in [6, 6.07) is 7.87. The first-order valence-corrected chi connectivity index (χ1v) is 5.99. The van der Waals surface area contributed by atoms with Gasteiger partial charge in [0.25, 0.3) is 0 Å². The van der Waals surface area contributed by atoms with E-state index in [1.54, 1.807) is 0 Å². The van der Waals surface area contributed by atoms with Gasteiger partial charge in [-0.1, -0.05) is 24.3 Å². The van der Waals surface area contributed by atoms with Crippen molar-refractivity contribution in [3.63, 3.8) is 0 Å². The van der Waals surface area contributed by atoms with Crippen LogP contribution in [0.25, 0.3) is 0 Å². The summed E-state index contributed by atoms with van der Waals surface area (Å²) in [4.78, 5) is 22.3. The fraction of sp³-hybridized carbons (Fsp3) is 0.429. The Labute approximate surface area is 107 Å². The number of rotatable bonds is 5. The molecule has 2 N–H and O–H groups in total. The van der Waals surface area contributed by atoms with Crippen molar-refractivity contribution in [2.45, 2.75) is 33.2 Å². The Morgan fingerprint density at radius 1 is 1.28 bits per heavy atom. The van der Waals surface area contributed by atoms with Gasteiger partial charge in [-0.25, -0.2) is 0 Å².